The van der Waals surface area contributed by atoms with Crippen LogP contribution in [0, 0.1) is 20.8 Å². The van der Waals surface area contributed by atoms with Crippen molar-refractivity contribution in [3.63, 3.8) is 0 Å². The van der Waals surface area contributed by atoms with E-state index in [-0.39, 0.29) is 0 Å². The average Bonchev–Trinajstić information content (AvgIpc) is 2.64. The second kappa shape index (κ2) is 3.23. The molecular formula is C13H16O. The average molecular weight is 188 g/mol. The van der Waals surface area contributed by atoms with Crippen LogP contribution in [0.15, 0.2) is 0 Å². The summed E-state index contributed by atoms with van der Waals surface area (Å²) in [5, 5.41) is 0. The number of benzene rings is 1. The van der Waals surface area contributed by atoms with E-state index in [1.807, 2.05) is 0 Å². The van der Waals surface area contributed by atoms with Gasteiger partial charge in [0.05, 0.1) is 0 Å². The van der Waals surface area contributed by atoms with Crippen LogP contribution < -0.4 is 0 Å². The Balaban J connectivity index is 2.80. The fourth-order valence-corrected chi connectivity index (χ4v) is 2.55. The molecule has 1 aliphatic rings. The Morgan fingerprint density at radius 2 is 1.57 bits per heavy atom. The number of carbonyl (C=O) groups is 1. The van der Waals surface area contributed by atoms with Crippen LogP contribution in [0.1, 0.15) is 44.6 Å². The molecule has 1 aromatic carbocycles. The van der Waals surface area contributed by atoms with Crippen LogP contribution in [0.5, 0.6) is 0 Å². The van der Waals surface area contributed by atoms with Crippen molar-refractivity contribution in [2.45, 2.75) is 40.0 Å². The minimum absolute atomic E-state index is 0.959. The van der Waals surface area contributed by atoms with Gasteiger partial charge in [-0.05, 0) is 67.9 Å². The summed E-state index contributed by atoms with van der Waals surface area (Å²) in [5.41, 5.74) is 7.60. The lowest BCUT2D eigenvalue weighted by Gasteiger charge is -2.14. The maximum Gasteiger partial charge on any atom is 0.150 e. The van der Waals surface area contributed by atoms with E-state index in [0.717, 1.165) is 24.7 Å². The van der Waals surface area contributed by atoms with E-state index in [0.29, 0.717) is 0 Å². The van der Waals surface area contributed by atoms with E-state index in [9.17, 15) is 4.79 Å². The number of fused-ring (bicyclic) bond motifs is 1. The number of rotatable bonds is 1. The van der Waals surface area contributed by atoms with Crippen LogP contribution in [-0.4, -0.2) is 6.29 Å². The molecule has 0 bridgehead atoms. The van der Waals surface area contributed by atoms with E-state index >= 15 is 0 Å². The fraction of sp³-hybridized carbons (Fsp3) is 0.462. The molecule has 0 spiro atoms. The van der Waals surface area contributed by atoms with Gasteiger partial charge in [0.15, 0.2) is 6.29 Å². The maximum absolute atomic E-state index is 11.1. The third kappa shape index (κ3) is 1.12. The molecule has 1 heteroatoms. The number of carbonyl (C=O) groups excluding carboxylic acids is 1. The molecule has 74 valence electrons. The van der Waals surface area contributed by atoms with Gasteiger partial charge in [0.2, 0.25) is 0 Å². The van der Waals surface area contributed by atoms with E-state index in [1.54, 1.807) is 0 Å². The molecule has 1 nitrogen and oxygen atoms in total. The normalized spacial score (nSPS) is 14.2. The van der Waals surface area contributed by atoms with E-state index in [4.69, 9.17) is 0 Å². The van der Waals surface area contributed by atoms with Gasteiger partial charge in [0, 0.05) is 5.56 Å². The third-order valence-corrected chi connectivity index (χ3v) is 3.64. The predicted molar refractivity (Wildman–Crippen MR) is 58.1 cm³/mol. The molecule has 1 aromatic rings. The van der Waals surface area contributed by atoms with Gasteiger partial charge in [0.1, 0.15) is 0 Å². The Bertz CT molecular complexity index is 402. The molecule has 0 atom stereocenters. The predicted octanol–water partition coefficient (Wildman–Crippen LogP) is 2.91. The largest absolute Gasteiger partial charge is 0.298 e. The molecule has 0 heterocycles. The van der Waals surface area contributed by atoms with Crippen molar-refractivity contribution in [1.82, 2.24) is 0 Å². The molecule has 0 radical (unpaired) electrons. The lowest BCUT2D eigenvalue weighted by molar-refractivity contribution is 0.112. The minimum atomic E-state index is 0.959. The van der Waals surface area contributed by atoms with Gasteiger partial charge in [-0.25, -0.2) is 0 Å². The second-order valence-corrected chi connectivity index (χ2v) is 4.22. The first kappa shape index (κ1) is 9.45. The van der Waals surface area contributed by atoms with Crippen LogP contribution in [0.25, 0.3) is 0 Å². The molecule has 0 amide bonds. The summed E-state index contributed by atoms with van der Waals surface area (Å²) in [6, 6.07) is 0. The van der Waals surface area contributed by atoms with Crippen molar-refractivity contribution in [2.24, 2.45) is 0 Å². The molecule has 0 N–H and O–H groups in total. The van der Waals surface area contributed by atoms with Crippen molar-refractivity contribution in [2.75, 3.05) is 0 Å². The number of hydrogen-bond donors (Lipinski definition) is 0. The third-order valence-electron chi connectivity index (χ3n) is 3.64. The second-order valence-electron chi connectivity index (χ2n) is 4.22. The summed E-state index contributed by atoms with van der Waals surface area (Å²) in [5.74, 6) is 0. The standard InChI is InChI=1S/C13H16O/c1-8-9(2)11-5-4-6-12(11)13(7-14)10(8)3/h7H,4-6H2,1-3H3. The van der Waals surface area contributed by atoms with Gasteiger partial charge in [0.25, 0.3) is 0 Å². The lowest BCUT2D eigenvalue weighted by atomic mass is 9.90. The number of hydrogen-bond acceptors (Lipinski definition) is 1. The summed E-state index contributed by atoms with van der Waals surface area (Å²) in [6.45, 7) is 6.36. The minimum Gasteiger partial charge on any atom is -0.298 e. The highest BCUT2D eigenvalue weighted by Crippen LogP contribution is 2.32. The van der Waals surface area contributed by atoms with Gasteiger partial charge in [-0.2, -0.15) is 0 Å². The molecule has 1 aliphatic carbocycles. The van der Waals surface area contributed by atoms with Crippen LogP contribution in [0.2, 0.25) is 0 Å². The molecular weight excluding hydrogens is 172 g/mol. The quantitative estimate of drug-likeness (QED) is 0.619. The summed E-state index contributed by atoms with van der Waals surface area (Å²) >= 11 is 0. The highest BCUT2D eigenvalue weighted by atomic mass is 16.1. The van der Waals surface area contributed by atoms with Crippen LogP contribution >= 0.6 is 0 Å². The van der Waals surface area contributed by atoms with Gasteiger partial charge in [-0.3, -0.25) is 4.79 Å². The summed E-state index contributed by atoms with van der Waals surface area (Å²) < 4.78 is 0. The molecule has 0 fully saturated rings. The highest BCUT2D eigenvalue weighted by Gasteiger charge is 2.20. The topological polar surface area (TPSA) is 17.1 Å². The van der Waals surface area contributed by atoms with Gasteiger partial charge >= 0.3 is 0 Å². The van der Waals surface area contributed by atoms with Crippen LogP contribution in [-0.2, 0) is 12.8 Å². The summed E-state index contributed by atoms with van der Waals surface area (Å²) in [7, 11) is 0. The van der Waals surface area contributed by atoms with E-state index < -0.39 is 0 Å². The van der Waals surface area contributed by atoms with Gasteiger partial charge < -0.3 is 0 Å². The first-order valence-corrected chi connectivity index (χ1v) is 5.23. The molecule has 0 saturated heterocycles. The SMILES string of the molecule is Cc1c(C)c(C=O)c2c(c1C)CCC2. The van der Waals surface area contributed by atoms with E-state index in [1.165, 1.54) is 34.2 Å². The van der Waals surface area contributed by atoms with Crippen molar-refractivity contribution in [3.05, 3.63) is 33.4 Å². The molecule has 0 aliphatic heterocycles. The van der Waals surface area contributed by atoms with Crippen LogP contribution in [0.4, 0.5) is 0 Å². The lowest BCUT2D eigenvalue weighted by Crippen LogP contribution is -2.02. The monoisotopic (exact) mass is 188 g/mol. The molecule has 0 aromatic heterocycles. The zero-order chi connectivity index (χ0) is 10.3. The first-order chi connectivity index (χ1) is 6.66. The smallest absolute Gasteiger partial charge is 0.150 e. The summed E-state index contributed by atoms with van der Waals surface area (Å²) in [4.78, 5) is 11.1. The Morgan fingerprint density at radius 1 is 0.929 bits per heavy atom. The zero-order valence-electron chi connectivity index (χ0n) is 9.11. The summed E-state index contributed by atoms with van der Waals surface area (Å²) in [6.07, 6.45) is 4.49. The van der Waals surface area contributed by atoms with Crippen molar-refractivity contribution in [3.8, 4) is 0 Å². The highest BCUT2D eigenvalue weighted by molar-refractivity contribution is 5.82. The van der Waals surface area contributed by atoms with E-state index in [2.05, 4.69) is 20.8 Å². The fourth-order valence-electron chi connectivity index (χ4n) is 2.55. The Morgan fingerprint density at radius 3 is 2.21 bits per heavy atom. The van der Waals surface area contributed by atoms with Gasteiger partial charge in [-0.1, -0.05) is 0 Å². The van der Waals surface area contributed by atoms with Crippen molar-refractivity contribution in [1.29, 1.82) is 0 Å². The maximum atomic E-state index is 11.1. The molecule has 0 saturated carbocycles. The zero-order valence-corrected chi connectivity index (χ0v) is 9.11. The van der Waals surface area contributed by atoms with Crippen molar-refractivity contribution >= 4 is 6.29 Å². The molecule has 14 heavy (non-hydrogen) atoms. The van der Waals surface area contributed by atoms with Crippen LogP contribution in [0.3, 0.4) is 0 Å². The Labute approximate surface area is 85.1 Å². The Hall–Kier alpha value is -1.11. The van der Waals surface area contributed by atoms with Crippen molar-refractivity contribution < 1.29 is 4.79 Å². The first-order valence-electron chi connectivity index (χ1n) is 5.23. The molecule has 0 unspecified atom stereocenters. The Kier molecular flexibility index (Phi) is 2.18. The number of aldehydes is 1. The van der Waals surface area contributed by atoms with Gasteiger partial charge in [-0.15, -0.1) is 0 Å². The molecule has 2 rings (SSSR count).